The molecular weight excluding hydrogens is 356 g/mol. The third-order valence-electron chi connectivity index (χ3n) is 4.02. The highest BCUT2D eigenvalue weighted by atomic mass is 16.5. The number of rotatable bonds is 7. The first-order valence-corrected chi connectivity index (χ1v) is 9.10. The van der Waals surface area contributed by atoms with Crippen LogP contribution in [0.2, 0.25) is 0 Å². The Hall–Kier alpha value is -3.54. The summed E-state index contributed by atoms with van der Waals surface area (Å²) in [5.74, 6) is 0.166. The summed E-state index contributed by atoms with van der Waals surface area (Å²) in [6.45, 7) is 2.27. The zero-order valence-corrected chi connectivity index (χ0v) is 15.6. The first-order valence-electron chi connectivity index (χ1n) is 9.10. The van der Waals surface area contributed by atoms with Gasteiger partial charge in [-0.15, -0.1) is 0 Å². The molecule has 0 bridgehead atoms. The van der Waals surface area contributed by atoms with Crippen molar-refractivity contribution in [1.29, 1.82) is 0 Å². The molecule has 3 aromatic rings. The summed E-state index contributed by atoms with van der Waals surface area (Å²) in [6.07, 6.45) is 0.832. The van der Waals surface area contributed by atoms with Gasteiger partial charge >= 0.3 is 0 Å². The first kappa shape index (κ1) is 19.2. The van der Waals surface area contributed by atoms with E-state index in [1.807, 2.05) is 43.3 Å². The molecule has 0 radical (unpaired) electrons. The van der Waals surface area contributed by atoms with Crippen molar-refractivity contribution in [3.05, 3.63) is 72.3 Å². The number of benzene rings is 3. The minimum absolute atomic E-state index is 0.220. The second kappa shape index (κ2) is 9.41. The van der Waals surface area contributed by atoms with Crippen LogP contribution in [0, 0.1) is 0 Å². The normalized spacial score (nSPS) is 10.3. The van der Waals surface area contributed by atoms with Crippen LogP contribution in [-0.4, -0.2) is 25.0 Å². The highest BCUT2D eigenvalue weighted by Gasteiger charge is 2.13. The molecule has 0 atom stereocenters. The number of hydrazine groups is 1. The SMILES string of the molecule is CCCOc1ccccc1C(=O)NNC(=O)COc1cccc2ccccc12. The van der Waals surface area contributed by atoms with E-state index >= 15 is 0 Å². The topological polar surface area (TPSA) is 76.7 Å². The molecule has 0 aromatic heterocycles. The number of carbonyl (C=O) groups is 2. The third kappa shape index (κ3) is 4.79. The van der Waals surface area contributed by atoms with Gasteiger partial charge in [-0.05, 0) is 30.0 Å². The molecule has 0 saturated heterocycles. The van der Waals surface area contributed by atoms with E-state index in [0.29, 0.717) is 23.7 Å². The number of ether oxygens (including phenoxy) is 2. The van der Waals surface area contributed by atoms with Gasteiger partial charge in [-0.3, -0.25) is 20.4 Å². The number of hydrogen-bond donors (Lipinski definition) is 2. The largest absolute Gasteiger partial charge is 0.493 e. The molecule has 0 aliphatic carbocycles. The van der Waals surface area contributed by atoms with Gasteiger partial charge in [-0.2, -0.15) is 0 Å². The number of para-hydroxylation sites is 1. The molecule has 0 fully saturated rings. The zero-order chi connectivity index (χ0) is 19.8. The molecule has 6 nitrogen and oxygen atoms in total. The highest BCUT2D eigenvalue weighted by Crippen LogP contribution is 2.25. The molecule has 144 valence electrons. The summed E-state index contributed by atoms with van der Waals surface area (Å²) in [5, 5.41) is 1.95. The Kier molecular flexibility index (Phi) is 6.46. The van der Waals surface area contributed by atoms with Crippen molar-refractivity contribution in [2.24, 2.45) is 0 Å². The van der Waals surface area contributed by atoms with Gasteiger partial charge in [0.2, 0.25) is 0 Å². The first-order chi connectivity index (χ1) is 13.7. The third-order valence-corrected chi connectivity index (χ3v) is 4.02. The molecular formula is C22H22N2O4. The number of fused-ring (bicyclic) bond motifs is 1. The van der Waals surface area contributed by atoms with Gasteiger partial charge in [0.05, 0.1) is 12.2 Å². The van der Waals surface area contributed by atoms with E-state index in [1.54, 1.807) is 30.3 Å². The summed E-state index contributed by atoms with van der Waals surface area (Å²) in [4.78, 5) is 24.4. The number of hydrogen-bond acceptors (Lipinski definition) is 4. The van der Waals surface area contributed by atoms with Gasteiger partial charge in [0.25, 0.3) is 11.8 Å². The van der Waals surface area contributed by atoms with Gasteiger partial charge in [0, 0.05) is 5.39 Å². The van der Waals surface area contributed by atoms with E-state index in [0.717, 1.165) is 17.2 Å². The monoisotopic (exact) mass is 378 g/mol. The van der Waals surface area contributed by atoms with Gasteiger partial charge in [-0.25, -0.2) is 0 Å². The molecule has 3 aromatic carbocycles. The Morgan fingerprint density at radius 2 is 1.54 bits per heavy atom. The Morgan fingerprint density at radius 3 is 2.39 bits per heavy atom. The standard InChI is InChI=1S/C22H22N2O4/c1-2-14-27-20-12-6-5-11-18(20)22(26)24-23-21(25)15-28-19-13-7-9-16-8-3-4-10-17(16)19/h3-13H,2,14-15H2,1H3,(H,23,25)(H,24,26). The smallest absolute Gasteiger partial charge is 0.276 e. The predicted molar refractivity (Wildman–Crippen MR) is 107 cm³/mol. The van der Waals surface area contributed by atoms with Crippen LogP contribution >= 0.6 is 0 Å². The van der Waals surface area contributed by atoms with E-state index in [-0.39, 0.29) is 6.61 Å². The van der Waals surface area contributed by atoms with E-state index in [1.165, 1.54) is 0 Å². The molecule has 2 amide bonds. The average Bonchev–Trinajstić information content (AvgIpc) is 2.74. The molecule has 0 aliphatic heterocycles. The van der Waals surface area contributed by atoms with Crippen LogP contribution in [0.3, 0.4) is 0 Å². The van der Waals surface area contributed by atoms with Crippen molar-refractivity contribution in [2.45, 2.75) is 13.3 Å². The van der Waals surface area contributed by atoms with E-state index < -0.39 is 11.8 Å². The number of amides is 2. The van der Waals surface area contributed by atoms with Gasteiger partial charge < -0.3 is 9.47 Å². The van der Waals surface area contributed by atoms with Crippen molar-refractivity contribution in [2.75, 3.05) is 13.2 Å². The maximum atomic E-state index is 12.3. The fourth-order valence-corrected chi connectivity index (χ4v) is 2.69. The van der Waals surface area contributed by atoms with Gasteiger partial charge in [-0.1, -0.05) is 55.5 Å². The van der Waals surface area contributed by atoms with Crippen LogP contribution in [0.25, 0.3) is 10.8 Å². The lowest BCUT2D eigenvalue weighted by Gasteiger charge is -2.12. The maximum Gasteiger partial charge on any atom is 0.276 e. The molecule has 0 heterocycles. The zero-order valence-electron chi connectivity index (χ0n) is 15.6. The van der Waals surface area contributed by atoms with Crippen molar-refractivity contribution in [3.8, 4) is 11.5 Å². The van der Waals surface area contributed by atoms with E-state index in [4.69, 9.17) is 9.47 Å². The van der Waals surface area contributed by atoms with E-state index in [2.05, 4.69) is 10.9 Å². The minimum Gasteiger partial charge on any atom is -0.493 e. The van der Waals surface area contributed by atoms with Crippen LogP contribution in [0.1, 0.15) is 23.7 Å². The fourth-order valence-electron chi connectivity index (χ4n) is 2.69. The molecule has 0 saturated carbocycles. The van der Waals surface area contributed by atoms with E-state index in [9.17, 15) is 9.59 Å². The van der Waals surface area contributed by atoms with Crippen molar-refractivity contribution < 1.29 is 19.1 Å². The van der Waals surface area contributed by atoms with Gasteiger partial charge in [0.15, 0.2) is 6.61 Å². The van der Waals surface area contributed by atoms with Crippen molar-refractivity contribution in [1.82, 2.24) is 10.9 Å². The van der Waals surface area contributed by atoms with Crippen LogP contribution in [0.4, 0.5) is 0 Å². The van der Waals surface area contributed by atoms with Crippen LogP contribution < -0.4 is 20.3 Å². The fraction of sp³-hybridized carbons (Fsp3) is 0.182. The van der Waals surface area contributed by atoms with Crippen molar-refractivity contribution in [3.63, 3.8) is 0 Å². The second-order valence-electron chi connectivity index (χ2n) is 6.11. The summed E-state index contributed by atoms with van der Waals surface area (Å²) in [7, 11) is 0. The lowest BCUT2D eigenvalue weighted by Crippen LogP contribution is -2.43. The predicted octanol–water partition coefficient (Wildman–Crippen LogP) is 3.47. The summed E-state index contributed by atoms with van der Waals surface area (Å²) < 4.78 is 11.2. The molecule has 3 rings (SSSR count). The van der Waals surface area contributed by atoms with Crippen molar-refractivity contribution >= 4 is 22.6 Å². The summed E-state index contributed by atoms with van der Waals surface area (Å²) >= 11 is 0. The molecule has 0 spiro atoms. The van der Waals surface area contributed by atoms with Crippen LogP contribution in [-0.2, 0) is 4.79 Å². The molecule has 2 N–H and O–H groups in total. The lowest BCUT2D eigenvalue weighted by atomic mass is 10.1. The molecule has 6 heteroatoms. The van der Waals surface area contributed by atoms with Crippen LogP contribution in [0.15, 0.2) is 66.7 Å². The Labute approximate surface area is 163 Å². The summed E-state index contributed by atoms with van der Waals surface area (Å²) in [5.41, 5.74) is 5.11. The quantitative estimate of drug-likeness (QED) is 0.617. The molecule has 0 aliphatic rings. The highest BCUT2D eigenvalue weighted by molar-refractivity contribution is 5.98. The lowest BCUT2D eigenvalue weighted by molar-refractivity contribution is -0.123. The number of carbonyl (C=O) groups excluding carboxylic acids is 2. The summed E-state index contributed by atoms with van der Waals surface area (Å²) in [6, 6.07) is 20.3. The molecule has 28 heavy (non-hydrogen) atoms. The second-order valence-corrected chi connectivity index (χ2v) is 6.11. The minimum atomic E-state index is -0.465. The molecule has 0 unspecified atom stereocenters. The Morgan fingerprint density at radius 1 is 0.821 bits per heavy atom. The average molecular weight is 378 g/mol. The Balaban J connectivity index is 1.55. The maximum absolute atomic E-state index is 12.3. The Bertz CT molecular complexity index is 966. The number of nitrogens with one attached hydrogen (secondary N) is 2. The van der Waals surface area contributed by atoms with Gasteiger partial charge in [0.1, 0.15) is 11.5 Å². The van der Waals surface area contributed by atoms with Crippen LogP contribution in [0.5, 0.6) is 11.5 Å².